The molecule has 1 N–H and O–H groups in total. The van der Waals surface area contributed by atoms with Crippen LogP contribution in [0.4, 0.5) is 0 Å². The van der Waals surface area contributed by atoms with Crippen LogP contribution in [-0.4, -0.2) is 17.0 Å². The molecule has 0 aromatic carbocycles. The maximum absolute atomic E-state index is 13.4. The Morgan fingerprint density at radius 2 is 1.83 bits per heavy atom. The summed E-state index contributed by atoms with van der Waals surface area (Å²) < 4.78 is 0. The smallest absolute Gasteiger partial charge is 0.159 e. The summed E-state index contributed by atoms with van der Waals surface area (Å²) >= 11 is 0. The standard InChI is InChI=1S/C27H44O2/c1-17(2)7-6-8-18(3)23-16-24(29)25-21-10-9-19-15-20(28)11-13-26(19,4)22(21)12-14-27(23,25)5/h17-20,22-23,28H,6-16H2,1-5H3/t18-,19-,20+,22+,23+,26-,27-/m1/s1. The Morgan fingerprint density at radius 3 is 2.55 bits per heavy atom. The van der Waals surface area contributed by atoms with Crippen molar-refractivity contribution in [3.05, 3.63) is 11.1 Å². The predicted molar refractivity (Wildman–Crippen MR) is 120 cm³/mol. The van der Waals surface area contributed by atoms with E-state index in [-0.39, 0.29) is 11.5 Å². The van der Waals surface area contributed by atoms with Gasteiger partial charge >= 0.3 is 0 Å². The minimum atomic E-state index is -0.0969. The van der Waals surface area contributed by atoms with E-state index in [4.69, 9.17) is 0 Å². The van der Waals surface area contributed by atoms with Crippen molar-refractivity contribution >= 4 is 5.78 Å². The highest BCUT2D eigenvalue weighted by molar-refractivity contribution is 6.00. The fourth-order valence-corrected chi connectivity index (χ4v) is 8.22. The summed E-state index contributed by atoms with van der Waals surface area (Å²) in [4.78, 5) is 13.4. The highest BCUT2D eigenvalue weighted by Gasteiger charge is 2.57. The Bertz CT molecular complexity index is 676. The topological polar surface area (TPSA) is 37.3 Å². The zero-order chi connectivity index (χ0) is 21.0. The molecule has 7 atom stereocenters. The van der Waals surface area contributed by atoms with Gasteiger partial charge in [0.2, 0.25) is 0 Å². The maximum atomic E-state index is 13.4. The summed E-state index contributed by atoms with van der Waals surface area (Å²) in [5.74, 6) is 3.70. The molecule has 29 heavy (non-hydrogen) atoms. The van der Waals surface area contributed by atoms with E-state index in [0.29, 0.717) is 34.9 Å². The Hall–Kier alpha value is -0.630. The number of fused-ring (bicyclic) bond motifs is 4. The third-order valence-electron chi connectivity index (χ3n) is 9.96. The highest BCUT2D eigenvalue weighted by atomic mass is 16.3. The van der Waals surface area contributed by atoms with Crippen molar-refractivity contribution in [2.24, 2.45) is 40.4 Å². The molecule has 0 unspecified atom stereocenters. The van der Waals surface area contributed by atoms with Crippen LogP contribution in [0.1, 0.15) is 105 Å². The fraction of sp³-hybridized carbons (Fsp3) is 0.889. The Kier molecular flexibility index (Phi) is 5.82. The predicted octanol–water partition coefficient (Wildman–Crippen LogP) is 6.71. The van der Waals surface area contributed by atoms with Gasteiger partial charge in [0.25, 0.3) is 0 Å². The summed E-state index contributed by atoms with van der Waals surface area (Å²) in [7, 11) is 0. The summed E-state index contributed by atoms with van der Waals surface area (Å²) in [6.07, 6.45) is 12.4. The lowest BCUT2D eigenvalue weighted by molar-refractivity contribution is -0.115. The number of rotatable bonds is 5. The monoisotopic (exact) mass is 400 g/mol. The number of hydrogen-bond acceptors (Lipinski definition) is 2. The third-order valence-corrected chi connectivity index (χ3v) is 9.96. The number of hydrogen-bond donors (Lipinski definition) is 1. The van der Waals surface area contributed by atoms with Crippen LogP contribution in [0, 0.1) is 40.4 Å². The third kappa shape index (κ3) is 3.56. The molecule has 0 radical (unpaired) electrons. The van der Waals surface area contributed by atoms with Gasteiger partial charge in [-0.2, -0.15) is 0 Å². The largest absolute Gasteiger partial charge is 0.393 e. The normalized spacial score (nSPS) is 43.2. The molecular formula is C27H44O2. The molecule has 2 nitrogen and oxygen atoms in total. The van der Waals surface area contributed by atoms with E-state index < -0.39 is 0 Å². The molecule has 0 saturated heterocycles. The van der Waals surface area contributed by atoms with Crippen LogP contribution < -0.4 is 0 Å². The van der Waals surface area contributed by atoms with Gasteiger partial charge in [-0.15, -0.1) is 0 Å². The van der Waals surface area contributed by atoms with E-state index >= 15 is 0 Å². The van der Waals surface area contributed by atoms with Crippen LogP contribution in [0.3, 0.4) is 0 Å². The van der Waals surface area contributed by atoms with Gasteiger partial charge in [0.1, 0.15) is 0 Å². The van der Waals surface area contributed by atoms with E-state index in [0.717, 1.165) is 38.0 Å². The zero-order valence-corrected chi connectivity index (χ0v) is 19.6. The van der Waals surface area contributed by atoms with Crippen molar-refractivity contribution in [3.8, 4) is 0 Å². The highest BCUT2D eigenvalue weighted by Crippen LogP contribution is 2.65. The van der Waals surface area contributed by atoms with Gasteiger partial charge in [-0.3, -0.25) is 4.79 Å². The van der Waals surface area contributed by atoms with Crippen LogP contribution in [-0.2, 0) is 4.79 Å². The second kappa shape index (κ2) is 7.81. The van der Waals surface area contributed by atoms with Crippen LogP contribution in [0.5, 0.6) is 0 Å². The van der Waals surface area contributed by atoms with Crippen molar-refractivity contribution in [2.75, 3.05) is 0 Å². The molecule has 4 aliphatic carbocycles. The number of carbonyl (C=O) groups is 1. The van der Waals surface area contributed by atoms with Crippen molar-refractivity contribution in [3.63, 3.8) is 0 Å². The van der Waals surface area contributed by atoms with E-state index in [1.54, 1.807) is 5.57 Å². The molecule has 0 bridgehead atoms. The lowest BCUT2D eigenvalue weighted by Crippen LogP contribution is -2.48. The minimum absolute atomic E-state index is 0.0969. The van der Waals surface area contributed by atoms with Crippen LogP contribution in [0.25, 0.3) is 0 Å². The molecule has 0 aromatic heterocycles. The molecule has 3 fully saturated rings. The first-order valence-electron chi connectivity index (χ1n) is 12.6. The van der Waals surface area contributed by atoms with Gasteiger partial charge in [-0.1, -0.05) is 59.5 Å². The first-order chi connectivity index (χ1) is 13.7. The van der Waals surface area contributed by atoms with Crippen molar-refractivity contribution in [2.45, 2.75) is 111 Å². The average molecular weight is 401 g/mol. The van der Waals surface area contributed by atoms with Crippen LogP contribution in [0.2, 0.25) is 0 Å². The Morgan fingerprint density at radius 1 is 1.07 bits per heavy atom. The summed E-state index contributed by atoms with van der Waals surface area (Å²) in [5.41, 5.74) is 3.29. The molecular weight excluding hydrogens is 356 g/mol. The molecule has 164 valence electrons. The summed E-state index contributed by atoms with van der Waals surface area (Å²) in [6, 6.07) is 0. The molecule has 2 heteroatoms. The quantitative estimate of drug-likeness (QED) is 0.556. The van der Waals surface area contributed by atoms with Crippen LogP contribution in [0.15, 0.2) is 11.1 Å². The first kappa shape index (κ1) is 21.6. The molecule has 0 aliphatic heterocycles. The average Bonchev–Trinajstić information content (AvgIpc) is 2.93. The number of carbonyl (C=O) groups excluding carboxylic acids is 1. The lowest BCUT2D eigenvalue weighted by atomic mass is 9.48. The van der Waals surface area contributed by atoms with Gasteiger partial charge in [0, 0.05) is 12.0 Å². The SMILES string of the molecule is CC(C)CCC[C@@H](C)[C@@H]1CC(=O)C2=C3CC[C@@H]4C[C@@H](O)CC[C@@]4(C)[C@H]3CC[C@@]21C. The van der Waals surface area contributed by atoms with Gasteiger partial charge in [0.15, 0.2) is 5.78 Å². The minimum Gasteiger partial charge on any atom is -0.393 e. The number of aliphatic hydroxyl groups is 1. The van der Waals surface area contributed by atoms with Crippen molar-refractivity contribution in [1.29, 1.82) is 0 Å². The summed E-state index contributed by atoms with van der Waals surface area (Å²) in [5, 5.41) is 10.2. The van der Waals surface area contributed by atoms with Gasteiger partial charge < -0.3 is 5.11 Å². The summed E-state index contributed by atoms with van der Waals surface area (Å²) in [6.45, 7) is 12.0. The lowest BCUT2D eigenvalue weighted by Gasteiger charge is -2.56. The second-order valence-electron chi connectivity index (χ2n) is 12.1. The molecule has 4 aliphatic rings. The maximum Gasteiger partial charge on any atom is 0.159 e. The van der Waals surface area contributed by atoms with E-state index in [2.05, 4.69) is 34.6 Å². The molecule has 0 amide bonds. The number of ketones is 1. The Labute approximate surface area is 178 Å². The van der Waals surface area contributed by atoms with Gasteiger partial charge in [-0.05, 0) is 85.4 Å². The molecule has 0 heterocycles. The van der Waals surface area contributed by atoms with Gasteiger partial charge in [0.05, 0.1) is 6.10 Å². The van der Waals surface area contributed by atoms with E-state index in [1.165, 1.54) is 44.1 Å². The second-order valence-corrected chi connectivity index (χ2v) is 12.1. The Balaban J connectivity index is 1.59. The number of Topliss-reactive ketones (excluding diaryl/α,β-unsaturated/α-hetero) is 1. The zero-order valence-electron chi connectivity index (χ0n) is 19.6. The number of aliphatic hydroxyl groups excluding tert-OH is 1. The molecule has 0 aromatic rings. The number of allylic oxidation sites excluding steroid dienone is 2. The van der Waals surface area contributed by atoms with E-state index in [9.17, 15) is 9.90 Å². The van der Waals surface area contributed by atoms with Crippen molar-refractivity contribution < 1.29 is 9.90 Å². The van der Waals surface area contributed by atoms with E-state index in [1.807, 2.05) is 0 Å². The van der Waals surface area contributed by atoms with Crippen LogP contribution >= 0.6 is 0 Å². The fourth-order valence-electron chi connectivity index (χ4n) is 8.22. The molecule has 4 rings (SSSR count). The van der Waals surface area contributed by atoms with Crippen molar-refractivity contribution in [1.82, 2.24) is 0 Å². The first-order valence-corrected chi connectivity index (χ1v) is 12.6. The molecule has 3 saturated carbocycles. The molecule has 0 spiro atoms. The van der Waals surface area contributed by atoms with Gasteiger partial charge in [-0.25, -0.2) is 0 Å².